The van der Waals surface area contributed by atoms with Gasteiger partial charge in [0.1, 0.15) is 11.3 Å². The first-order valence-corrected chi connectivity index (χ1v) is 10.2. The van der Waals surface area contributed by atoms with E-state index in [0.717, 1.165) is 30.4 Å². The molecule has 4 heteroatoms. The van der Waals surface area contributed by atoms with Crippen LogP contribution >= 0.6 is 0 Å². The Morgan fingerprint density at radius 1 is 1.21 bits per heavy atom. The van der Waals surface area contributed by atoms with Gasteiger partial charge in [0.05, 0.1) is 12.7 Å². The summed E-state index contributed by atoms with van der Waals surface area (Å²) in [4.78, 5) is 11.5. The molecule has 1 aromatic heterocycles. The molecule has 0 aliphatic heterocycles. The van der Waals surface area contributed by atoms with Gasteiger partial charge in [-0.15, -0.1) is 0 Å². The number of rotatable bonds is 3. The molecular formula is C24H30O4. The summed E-state index contributed by atoms with van der Waals surface area (Å²) in [6, 6.07) is 8.84. The summed E-state index contributed by atoms with van der Waals surface area (Å²) in [6.07, 6.45) is 4.95. The van der Waals surface area contributed by atoms with Crippen molar-refractivity contribution in [1.29, 1.82) is 0 Å². The molecule has 0 spiro atoms. The van der Waals surface area contributed by atoms with Gasteiger partial charge in [-0.05, 0) is 61.1 Å². The van der Waals surface area contributed by atoms with E-state index in [1.54, 1.807) is 12.1 Å². The van der Waals surface area contributed by atoms with Crippen LogP contribution in [0.4, 0.5) is 0 Å². The van der Waals surface area contributed by atoms with Crippen LogP contribution in [0.1, 0.15) is 47.0 Å². The molecule has 4 rings (SSSR count). The second-order valence-electron chi connectivity index (χ2n) is 9.44. The molecule has 0 bridgehead atoms. The normalized spacial score (nSPS) is 31.9. The Labute approximate surface area is 166 Å². The Balaban J connectivity index is 1.59. The molecule has 2 aliphatic rings. The molecule has 0 radical (unpaired) electrons. The van der Waals surface area contributed by atoms with Crippen LogP contribution in [0.3, 0.4) is 0 Å². The third-order valence-corrected chi connectivity index (χ3v) is 7.54. The van der Waals surface area contributed by atoms with E-state index >= 15 is 0 Å². The van der Waals surface area contributed by atoms with Gasteiger partial charge in [0, 0.05) is 23.4 Å². The van der Waals surface area contributed by atoms with E-state index in [-0.39, 0.29) is 22.6 Å². The molecule has 150 valence electrons. The van der Waals surface area contributed by atoms with Crippen LogP contribution in [-0.4, -0.2) is 17.8 Å². The number of allylic oxidation sites excluding steroid dienone is 1. The van der Waals surface area contributed by atoms with Crippen molar-refractivity contribution in [3.8, 4) is 5.75 Å². The highest BCUT2D eigenvalue weighted by Crippen LogP contribution is 2.59. The van der Waals surface area contributed by atoms with E-state index in [1.165, 1.54) is 11.6 Å². The monoisotopic (exact) mass is 382 g/mol. The second-order valence-corrected chi connectivity index (χ2v) is 9.44. The Morgan fingerprint density at radius 2 is 1.96 bits per heavy atom. The molecule has 1 saturated carbocycles. The standard InChI is InChI=1S/C24H30O4/c1-15-5-9-20-23(2,3)21(25)11-12-24(20,4)18(15)14-27-17-8-6-16-7-10-22(26)28-19(16)13-17/h5-8,10,13,18,20-21,25H,9,11-12,14H2,1-4H3/t18-,20-,21+,24-/m1/s1. The maximum absolute atomic E-state index is 11.5. The molecule has 4 atom stereocenters. The van der Waals surface area contributed by atoms with Crippen LogP contribution in [0, 0.1) is 22.7 Å². The molecule has 1 fully saturated rings. The lowest BCUT2D eigenvalue weighted by atomic mass is 9.48. The summed E-state index contributed by atoms with van der Waals surface area (Å²) in [6.45, 7) is 9.57. The fraction of sp³-hybridized carbons (Fsp3) is 0.542. The molecular weight excluding hydrogens is 352 g/mol. The summed E-state index contributed by atoms with van der Waals surface area (Å²) in [7, 11) is 0. The fourth-order valence-electron chi connectivity index (χ4n) is 5.66. The zero-order valence-corrected chi connectivity index (χ0v) is 17.2. The van der Waals surface area contributed by atoms with Crippen LogP contribution in [-0.2, 0) is 0 Å². The van der Waals surface area contributed by atoms with E-state index in [4.69, 9.17) is 9.15 Å². The molecule has 2 aromatic rings. The lowest BCUT2D eigenvalue weighted by Gasteiger charge is -2.58. The van der Waals surface area contributed by atoms with Crippen LogP contribution in [0.25, 0.3) is 11.0 Å². The van der Waals surface area contributed by atoms with E-state index in [9.17, 15) is 9.90 Å². The Hall–Kier alpha value is -2.07. The summed E-state index contributed by atoms with van der Waals surface area (Å²) in [5, 5.41) is 11.5. The smallest absolute Gasteiger partial charge is 0.336 e. The fourth-order valence-corrected chi connectivity index (χ4v) is 5.66. The maximum atomic E-state index is 11.5. The Kier molecular flexibility index (Phi) is 4.65. The quantitative estimate of drug-likeness (QED) is 0.603. The first-order valence-electron chi connectivity index (χ1n) is 10.2. The largest absolute Gasteiger partial charge is 0.493 e. The Morgan fingerprint density at radius 3 is 2.75 bits per heavy atom. The van der Waals surface area contributed by atoms with Crippen LogP contribution in [0.15, 0.2) is 51.2 Å². The predicted molar refractivity (Wildman–Crippen MR) is 110 cm³/mol. The average molecular weight is 383 g/mol. The SMILES string of the molecule is CC1=CC[C@@H]2C(C)(C)[C@@H](O)CC[C@]2(C)[C@@H]1COc1ccc2ccc(=O)oc2c1. The first kappa shape index (κ1) is 19.3. The number of ether oxygens (including phenoxy) is 1. The molecule has 0 amide bonds. The number of fused-ring (bicyclic) bond motifs is 2. The molecule has 0 unspecified atom stereocenters. The van der Waals surface area contributed by atoms with Gasteiger partial charge in [0.15, 0.2) is 0 Å². The van der Waals surface area contributed by atoms with Gasteiger partial charge in [0.25, 0.3) is 0 Å². The number of benzene rings is 1. The molecule has 1 heterocycles. The number of aliphatic hydroxyl groups is 1. The summed E-state index contributed by atoms with van der Waals surface area (Å²) < 4.78 is 11.5. The van der Waals surface area contributed by atoms with Gasteiger partial charge in [-0.1, -0.05) is 32.4 Å². The highest BCUT2D eigenvalue weighted by Gasteiger charge is 2.55. The van der Waals surface area contributed by atoms with E-state index in [0.29, 0.717) is 24.0 Å². The second kappa shape index (κ2) is 6.77. The van der Waals surface area contributed by atoms with Gasteiger partial charge < -0.3 is 14.3 Å². The Bertz CT molecular complexity index is 970. The highest BCUT2D eigenvalue weighted by atomic mass is 16.5. The minimum Gasteiger partial charge on any atom is -0.493 e. The molecule has 4 nitrogen and oxygen atoms in total. The molecule has 2 aliphatic carbocycles. The topological polar surface area (TPSA) is 59.7 Å². The van der Waals surface area contributed by atoms with Crippen LogP contribution in [0.5, 0.6) is 5.75 Å². The summed E-state index contributed by atoms with van der Waals surface area (Å²) >= 11 is 0. The van der Waals surface area contributed by atoms with Crippen molar-refractivity contribution in [2.45, 2.75) is 53.1 Å². The van der Waals surface area contributed by atoms with Crippen molar-refractivity contribution in [2.75, 3.05) is 6.61 Å². The zero-order valence-electron chi connectivity index (χ0n) is 17.2. The van der Waals surface area contributed by atoms with Crippen molar-refractivity contribution in [3.05, 3.63) is 52.4 Å². The average Bonchev–Trinajstić information content (AvgIpc) is 2.64. The van der Waals surface area contributed by atoms with Crippen LogP contribution in [0.2, 0.25) is 0 Å². The molecule has 28 heavy (non-hydrogen) atoms. The van der Waals surface area contributed by atoms with Crippen molar-refractivity contribution < 1.29 is 14.3 Å². The highest BCUT2D eigenvalue weighted by molar-refractivity contribution is 5.77. The minimum atomic E-state index is -0.353. The molecule has 0 saturated heterocycles. The van der Waals surface area contributed by atoms with E-state index in [1.807, 2.05) is 12.1 Å². The third kappa shape index (κ3) is 3.08. The van der Waals surface area contributed by atoms with Crippen molar-refractivity contribution in [3.63, 3.8) is 0 Å². The lowest BCUT2D eigenvalue weighted by molar-refractivity contribution is -0.119. The maximum Gasteiger partial charge on any atom is 0.336 e. The summed E-state index contributed by atoms with van der Waals surface area (Å²) in [5.74, 6) is 1.45. The number of hydrogen-bond donors (Lipinski definition) is 1. The van der Waals surface area contributed by atoms with Crippen LogP contribution < -0.4 is 10.4 Å². The van der Waals surface area contributed by atoms with Crippen molar-refractivity contribution in [2.24, 2.45) is 22.7 Å². The molecule has 1 aromatic carbocycles. The van der Waals surface area contributed by atoms with Crippen molar-refractivity contribution in [1.82, 2.24) is 0 Å². The number of aliphatic hydroxyl groups excluding tert-OH is 1. The van der Waals surface area contributed by atoms with Gasteiger partial charge in [-0.2, -0.15) is 0 Å². The lowest BCUT2D eigenvalue weighted by Crippen LogP contribution is -2.55. The predicted octanol–water partition coefficient (Wildman–Crippen LogP) is 4.94. The minimum absolute atomic E-state index is 0.102. The van der Waals surface area contributed by atoms with E-state index in [2.05, 4.69) is 33.8 Å². The van der Waals surface area contributed by atoms with Crippen molar-refractivity contribution >= 4 is 11.0 Å². The zero-order chi connectivity index (χ0) is 20.1. The van der Waals surface area contributed by atoms with Gasteiger partial charge >= 0.3 is 5.63 Å². The van der Waals surface area contributed by atoms with Gasteiger partial charge in [-0.25, -0.2) is 4.79 Å². The molecule has 1 N–H and O–H groups in total. The summed E-state index contributed by atoms with van der Waals surface area (Å²) in [5.41, 5.74) is 1.57. The number of hydrogen-bond acceptors (Lipinski definition) is 4. The van der Waals surface area contributed by atoms with Gasteiger partial charge in [-0.3, -0.25) is 0 Å². The van der Waals surface area contributed by atoms with E-state index < -0.39 is 0 Å². The van der Waals surface area contributed by atoms with Gasteiger partial charge in [0.2, 0.25) is 0 Å². The third-order valence-electron chi connectivity index (χ3n) is 7.54. The first-order chi connectivity index (χ1) is 13.2.